The Morgan fingerprint density at radius 3 is 3.00 bits per heavy atom. The Morgan fingerprint density at radius 2 is 2.25 bits per heavy atom. The summed E-state index contributed by atoms with van der Waals surface area (Å²) in [6.07, 6.45) is 4.14. The molecule has 0 unspecified atom stereocenters. The summed E-state index contributed by atoms with van der Waals surface area (Å²) in [6, 6.07) is 9.37. The van der Waals surface area contributed by atoms with E-state index in [2.05, 4.69) is 31.6 Å². The number of nitrogens with zero attached hydrogens (tertiary/aromatic N) is 6. The first-order chi connectivity index (χ1) is 13.7. The summed E-state index contributed by atoms with van der Waals surface area (Å²) >= 11 is 1.38. The highest BCUT2D eigenvalue weighted by atomic mass is 32.1. The lowest BCUT2D eigenvalue weighted by molar-refractivity contribution is 0.269. The van der Waals surface area contributed by atoms with Crippen LogP contribution < -0.4 is 5.32 Å². The molecule has 0 aliphatic carbocycles. The summed E-state index contributed by atoms with van der Waals surface area (Å²) < 4.78 is 1.78. The van der Waals surface area contributed by atoms with Gasteiger partial charge in [-0.15, -0.1) is 5.10 Å². The van der Waals surface area contributed by atoms with E-state index < -0.39 is 0 Å². The Hall–Kier alpha value is -3.55. The van der Waals surface area contributed by atoms with Crippen LogP contribution in [0.3, 0.4) is 0 Å². The third-order valence-corrected chi connectivity index (χ3v) is 5.01. The van der Waals surface area contributed by atoms with Crippen LogP contribution in [0.2, 0.25) is 0 Å². The zero-order valence-corrected chi connectivity index (χ0v) is 15.7. The highest BCUT2D eigenvalue weighted by molar-refractivity contribution is 7.18. The zero-order valence-electron chi connectivity index (χ0n) is 14.9. The molecular weight excluding hydrogens is 376 g/mol. The number of aliphatic hydroxyl groups is 1. The van der Waals surface area contributed by atoms with Crippen molar-refractivity contribution in [3.63, 3.8) is 0 Å². The second kappa shape index (κ2) is 7.59. The summed E-state index contributed by atoms with van der Waals surface area (Å²) in [5.74, 6) is 1.71. The Morgan fingerprint density at radius 1 is 1.36 bits per heavy atom. The molecule has 3 N–H and O–H groups in total. The number of hydrogen-bond acceptors (Lipinski definition) is 8. The molecule has 3 aromatic heterocycles. The number of rotatable bonds is 6. The van der Waals surface area contributed by atoms with E-state index in [4.69, 9.17) is 4.98 Å². The number of benzene rings is 1. The lowest BCUT2D eigenvalue weighted by Crippen LogP contribution is -1.99. The Balaban J connectivity index is 1.80. The normalized spacial score (nSPS) is 10.8. The molecule has 0 aliphatic rings. The molecule has 0 spiro atoms. The molecule has 9 nitrogen and oxygen atoms in total. The quantitative estimate of drug-likeness (QED) is 0.460. The van der Waals surface area contributed by atoms with Gasteiger partial charge in [-0.3, -0.25) is 15.0 Å². The molecule has 1 aromatic carbocycles. The van der Waals surface area contributed by atoms with Gasteiger partial charge in [0.05, 0.1) is 11.6 Å². The van der Waals surface area contributed by atoms with Crippen molar-refractivity contribution in [1.29, 1.82) is 5.26 Å². The van der Waals surface area contributed by atoms with Crippen molar-refractivity contribution in [2.24, 2.45) is 0 Å². The molecule has 0 fully saturated rings. The van der Waals surface area contributed by atoms with Crippen LogP contribution in [0, 0.1) is 11.3 Å². The van der Waals surface area contributed by atoms with Gasteiger partial charge >= 0.3 is 0 Å². The Bertz CT molecular complexity index is 1150. The van der Waals surface area contributed by atoms with E-state index in [1.54, 1.807) is 29.1 Å². The number of hydrogen-bond donors (Lipinski definition) is 3. The smallest absolute Gasteiger partial charge is 0.248 e. The van der Waals surface area contributed by atoms with E-state index in [-0.39, 0.29) is 6.61 Å². The predicted octanol–water partition coefficient (Wildman–Crippen LogP) is 2.78. The van der Waals surface area contributed by atoms with Crippen LogP contribution in [0.4, 0.5) is 11.1 Å². The summed E-state index contributed by atoms with van der Waals surface area (Å²) in [4.78, 5) is 13.2. The van der Waals surface area contributed by atoms with Crippen molar-refractivity contribution in [2.75, 3.05) is 5.32 Å². The maximum Gasteiger partial charge on any atom is 0.248 e. The fourth-order valence-electron chi connectivity index (χ4n) is 2.69. The van der Waals surface area contributed by atoms with E-state index in [0.717, 1.165) is 22.8 Å². The molecule has 140 valence electrons. The number of aromatic nitrogens is 6. The van der Waals surface area contributed by atoms with E-state index >= 15 is 0 Å². The zero-order chi connectivity index (χ0) is 19.5. The summed E-state index contributed by atoms with van der Waals surface area (Å²) in [5.41, 5.74) is 2.00. The second-order valence-corrected chi connectivity index (χ2v) is 6.80. The van der Waals surface area contributed by atoms with Gasteiger partial charge < -0.3 is 5.11 Å². The number of H-pyrrole nitrogens is 1. The van der Waals surface area contributed by atoms with Gasteiger partial charge in [-0.05, 0) is 12.1 Å². The van der Waals surface area contributed by atoms with Crippen LogP contribution in [0.15, 0.2) is 36.7 Å². The maximum absolute atomic E-state index is 9.60. The van der Waals surface area contributed by atoms with Crippen LogP contribution in [0.25, 0.3) is 16.3 Å². The number of aryl methyl sites for hydroxylation is 1. The predicted molar refractivity (Wildman–Crippen MR) is 104 cm³/mol. The van der Waals surface area contributed by atoms with Gasteiger partial charge in [0, 0.05) is 24.4 Å². The minimum absolute atomic E-state index is 0.202. The monoisotopic (exact) mass is 392 g/mol. The molecule has 0 atom stereocenters. The minimum atomic E-state index is -0.202. The van der Waals surface area contributed by atoms with Crippen molar-refractivity contribution in [3.8, 4) is 22.3 Å². The molecule has 0 radical (unpaired) electrons. The third kappa shape index (κ3) is 3.36. The van der Waals surface area contributed by atoms with Gasteiger partial charge in [0.1, 0.15) is 29.0 Å². The Labute approximate surface area is 164 Å². The number of aliphatic hydroxyl groups excluding tert-OH is 1. The van der Waals surface area contributed by atoms with E-state index in [1.165, 1.54) is 11.3 Å². The summed E-state index contributed by atoms with van der Waals surface area (Å²) in [7, 11) is 0. The first-order valence-electron chi connectivity index (χ1n) is 8.55. The van der Waals surface area contributed by atoms with Gasteiger partial charge in [0.15, 0.2) is 5.13 Å². The Kier molecular flexibility index (Phi) is 4.84. The van der Waals surface area contributed by atoms with E-state index in [0.29, 0.717) is 28.2 Å². The largest absolute Gasteiger partial charge is 0.388 e. The number of anilines is 2. The molecule has 0 aliphatic heterocycles. The average molecular weight is 392 g/mol. The van der Waals surface area contributed by atoms with Crippen molar-refractivity contribution in [2.45, 2.75) is 20.0 Å². The molecule has 3 heterocycles. The highest BCUT2D eigenvalue weighted by Crippen LogP contribution is 2.36. The SMILES string of the molecule is CCc1nc(Nc2nc(-c3cccc(C#N)c3)c(-n3ccnc3CO)s2)n[nH]1. The van der Waals surface area contributed by atoms with E-state index in [1.807, 2.05) is 19.1 Å². The molecular formula is C18H16N8OS. The molecule has 4 rings (SSSR count). The maximum atomic E-state index is 9.60. The third-order valence-electron chi connectivity index (χ3n) is 4.04. The number of nitrogens with one attached hydrogen (secondary N) is 2. The molecule has 0 bridgehead atoms. The van der Waals surface area contributed by atoms with Crippen LogP contribution in [-0.4, -0.2) is 34.8 Å². The van der Waals surface area contributed by atoms with E-state index in [9.17, 15) is 10.4 Å². The molecule has 0 saturated carbocycles. The lowest BCUT2D eigenvalue weighted by atomic mass is 10.1. The first-order valence-corrected chi connectivity index (χ1v) is 9.36. The molecule has 4 aromatic rings. The van der Waals surface area contributed by atoms with Crippen LogP contribution in [0.1, 0.15) is 24.1 Å². The number of imidazole rings is 1. The molecule has 0 amide bonds. The standard InChI is InChI=1S/C18H16N8OS/c1-2-13-21-17(25-24-13)23-18-22-15(12-5-3-4-11(8-12)9-19)16(28-18)26-7-6-20-14(26)10-27/h3-8,27H,2,10H2,1H3,(H2,21,22,23,24,25). The topological polar surface area (TPSA) is 128 Å². The molecule has 28 heavy (non-hydrogen) atoms. The fourth-order valence-corrected chi connectivity index (χ4v) is 3.68. The van der Waals surface area contributed by atoms with Crippen molar-refractivity contribution < 1.29 is 5.11 Å². The highest BCUT2D eigenvalue weighted by Gasteiger charge is 2.18. The van der Waals surface area contributed by atoms with Gasteiger partial charge in [0.25, 0.3) is 0 Å². The number of nitriles is 1. The fraction of sp³-hybridized carbons (Fsp3) is 0.167. The number of aromatic amines is 1. The van der Waals surface area contributed by atoms with Crippen LogP contribution in [-0.2, 0) is 13.0 Å². The molecule has 0 saturated heterocycles. The van der Waals surface area contributed by atoms with Crippen molar-refractivity contribution in [1.82, 2.24) is 29.7 Å². The van der Waals surface area contributed by atoms with Gasteiger partial charge in [-0.2, -0.15) is 10.2 Å². The van der Waals surface area contributed by atoms with Gasteiger partial charge in [-0.25, -0.2) is 9.97 Å². The minimum Gasteiger partial charge on any atom is -0.388 e. The lowest BCUT2D eigenvalue weighted by Gasteiger charge is -2.06. The number of thiazole rings is 1. The van der Waals surface area contributed by atoms with Gasteiger partial charge in [0.2, 0.25) is 5.95 Å². The van der Waals surface area contributed by atoms with Crippen molar-refractivity contribution >= 4 is 22.4 Å². The average Bonchev–Trinajstić information content (AvgIpc) is 3.47. The van der Waals surface area contributed by atoms with Crippen LogP contribution >= 0.6 is 11.3 Å². The first kappa shape index (κ1) is 17.8. The molecule has 10 heteroatoms. The second-order valence-electron chi connectivity index (χ2n) is 5.82. The summed E-state index contributed by atoms with van der Waals surface area (Å²) in [6.45, 7) is 1.79. The van der Waals surface area contributed by atoms with Gasteiger partial charge in [-0.1, -0.05) is 30.4 Å². The van der Waals surface area contributed by atoms with Crippen molar-refractivity contribution in [3.05, 3.63) is 53.9 Å². The summed E-state index contributed by atoms with van der Waals surface area (Å²) in [5, 5.41) is 30.3. The van der Waals surface area contributed by atoms with Crippen LogP contribution in [0.5, 0.6) is 0 Å².